The molecule has 0 bridgehead atoms. The van der Waals surface area contributed by atoms with Crippen LogP contribution in [-0.2, 0) is 27.7 Å². The zero-order chi connectivity index (χ0) is 21.7. The fourth-order valence-electron chi connectivity index (χ4n) is 4.07. The molecule has 3 aromatic rings. The molecule has 0 saturated carbocycles. The van der Waals surface area contributed by atoms with Gasteiger partial charge in [-0.05, 0) is 54.5 Å². The van der Waals surface area contributed by atoms with Crippen molar-refractivity contribution in [1.82, 2.24) is 10.0 Å². The van der Waals surface area contributed by atoms with E-state index in [1.807, 2.05) is 48.5 Å². The summed E-state index contributed by atoms with van der Waals surface area (Å²) in [7, 11) is -3.84. The Morgan fingerprint density at radius 1 is 0.903 bits per heavy atom. The van der Waals surface area contributed by atoms with E-state index in [0.29, 0.717) is 0 Å². The molecule has 6 heteroatoms. The Hall–Kier alpha value is -2.96. The monoisotopic (exact) mass is 434 g/mol. The quantitative estimate of drug-likeness (QED) is 0.594. The maximum atomic E-state index is 13.3. The van der Waals surface area contributed by atoms with Crippen molar-refractivity contribution in [2.75, 3.05) is 0 Å². The molecule has 0 aromatic heterocycles. The molecule has 3 aromatic carbocycles. The second-order valence-electron chi connectivity index (χ2n) is 7.83. The number of fused-ring (bicyclic) bond motifs is 1. The molecule has 0 unspecified atom stereocenters. The predicted molar refractivity (Wildman–Crippen MR) is 121 cm³/mol. The summed E-state index contributed by atoms with van der Waals surface area (Å²) in [5, 5.41) is 3.10. The molecule has 0 radical (unpaired) electrons. The highest BCUT2D eigenvalue weighted by Gasteiger charge is 2.29. The molecule has 1 aliphatic rings. The van der Waals surface area contributed by atoms with Gasteiger partial charge in [-0.3, -0.25) is 4.79 Å². The summed E-state index contributed by atoms with van der Waals surface area (Å²) in [6.07, 6.45) is 3.09. The lowest BCUT2D eigenvalue weighted by atomic mass is 9.87. The number of sulfonamides is 1. The molecule has 0 aliphatic heterocycles. The van der Waals surface area contributed by atoms with E-state index in [4.69, 9.17) is 0 Å². The summed E-state index contributed by atoms with van der Waals surface area (Å²) in [5.74, 6) is -0.315. The van der Waals surface area contributed by atoms with E-state index in [0.717, 1.165) is 30.4 Å². The summed E-state index contributed by atoms with van der Waals surface area (Å²) in [5.41, 5.74) is 3.25. The summed E-state index contributed by atoms with van der Waals surface area (Å²) in [6.45, 7) is 0. The minimum Gasteiger partial charge on any atom is -0.348 e. The Labute approximate surface area is 183 Å². The van der Waals surface area contributed by atoms with Gasteiger partial charge in [-0.1, -0.05) is 72.8 Å². The lowest BCUT2D eigenvalue weighted by Gasteiger charge is -2.28. The van der Waals surface area contributed by atoms with E-state index in [-0.39, 0.29) is 23.3 Å². The molecule has 0 spiro atoms. The van der Waals surface area contributed by atoms with Crippen LogP contribution in [0, 0.1) is 0 Å². The van der Waals surface area contributed by atoms with Crippen molar-refractivity contribution in [2.45, 2.75) is 42.7 Å². The molecule has 0 saturated heterocycles. The van der Waals surface area contributed by atoms with Gasteiger partial charge in [0.05, 0.1) is 10.9 Å². The summed E-state index contributed by atoms with van der Waals surface area (Å²) in [6, 6.07) is 24.7. The van der Waals surface area contributed by atoms with Crippen molar-refractivity contribution in [1.29, 1.82) is 0 Å². The van der Waals surface area contributed by atoms with E-state index in [9.17, 15) is 13.2 Å². The predicted octanol–water partition coefficient (Wildman–Crippen LogP) is 3.77. The average Bonchev–Trinajstić information content (AvgIpc) is 2.80. The van der Waals surface area contributed by atoms with Crippen LogP contribution in [0.3, 0.4) is 0 Å². The van der Waals surface area contributed by atoms with E-state index in [1.54, 1.807) is 18.2 Å². The highest BCUT2D eigenvalue weighted by molar-refractivity contribution is 7.89. The highest BCUT2D eigenvalue weighted by atomic mass is 32.2. The Balaban J connectivity index is 1.58. The minimum absolute atomic E-state index is 0.114. The van der Waals surface area contributed by atoms with Crippen molar-refractivity contribution >= 4 is 15.9 Å². The smallest absolute Gasteiger partial charge is 0.241 e. The fourth-order valence-corrected chi connectivity index (χ4v) is 5.29. The van der Waals surface area contributed by atoms with E-state index < -0.39 is 16.1 Å². The normalized spacial score (nSPS) is 16.8. The first-order valence-electron chi connectivity index (χ1n) is 10.5. The van der Waals surface area contributed by atoms with Crippen LogP contribution in [0.15, 0.2) is 89.8 Å². The average molecular weight is 435 g/mol. The van der Waals surface area contributed by atoms with Crippen molar-refractivity contribution < 1.29 is 13.2 Å². The Morgan fingerprint density at radius 3 is 2.29 bits per heavy atom. The van der Waals surface area contributed by atoms with Gasteiger partial charge in [0.15, 0.2) is 0 Å². The molecule has 2 N–H and O–H groups in total. The molecule has 2 atom stereocenters. The first kappa shape index (κ1) is 21.3. The number of amides is 1. The van der Waals surface area contributed by atoms with Crippen LogP contribution in [0.1, 0.15) is 35.6 Å². The number of hydrogen-bond acceptors (Lipinski definition) is 3. The number of benzene rings is 3. The number of carbonyl (C=O) groups excluding carboxylic acids is 1. The molecule has 31 heavy (non-hydrogen) atoms. The third kappa shape index (κ3) is 5.21. The van der Waals surface area contributed by atoms with Crippen LogP contribution >= 0.6 is 0 Å². The minimum atomic E-state index is -3.84. The third-order valence-corrected chi connectivity index (χ3v) is 7.12. The zero-order valence-electron chi connectivity index (χ0n) is 17.2. The summed E-state index contributed by atoms with van der Waals surface area (Å²) >= 11 is 0. The van der Waals surface area contributed by atoms with E-state index >= 15 is 0 Å². The molecule has 1 amide bonds. The van der Waals surface area contributed by atoms with Gasteiger partial charge in [0, 0.05) is 0 Å². The fraction of sp³-hybridized carbons (Fsp3) is 0.240. The van der Waals surface area contributed by atoms with Crippen LogP contribution in [0.25, 0.3) is 0 Å². The first-order chi connectivity index (χ1) is 15.0. The van der Waals surface area contributed by atoms with Gasteiger partial charge in [-0.15, -0.1) is 0 Å². The number of rotatable bonds is 7. The Kier molecular flexibility index (Phi) is 6.49. The van der Waals surface area contributed by atoms with Gasteiger partial charge in [0.2, 0.25) is 15.9 Å². The van der Waals surface area contributed by atoms with Crippen LogP contribution in [0.2, 0.25) is 0 Å². The van der Waals surface area contributed by atoms with Gasteiger partial charge in [-0.25, -0.2) is 8.42 Å². The Bertz CT molecular complexity index is 1130. The topological polar surface area (TPSA) is 75.3 Å². The first-order valence-corrected chi connectivity index (χ1v) is 12.0. The molecule has 0 heterocycles. The van der Waals surface area contributed by atoms with Crippen LogP contribution < -0.4 is 10.0 Å². The van der Waals surface area contributed by atoms with Crippen LogP contribution in [0.5, 0.6) is 0 Å². The van der Waals surface area contributed by atoms with Crippen molar-refractivity contribution in [3.05, 3.63) is 102 Å². The summed E-state index contributed by atoms with van der Waals surface area (Å²) in [4.78, 5) is 13.4. The number of aryl methyl sites for hydroxylation is 1. The molecule has 5 nitrogen and oxygen atoms in total. The molecular formula is C25H26N2O3S. The lowest BCUT2D eigenvalue weighted by molar-refractivity contribution is -0.123. The second-order valence-corrected chi connectivity index (χ2v) is 9.54. The standard InChI is InChI=1S/C25H26N2O3S/c28-25(26-23-17-9-13-20-12-7-8-16-22(20)23)24(18-19-10-3-1-4-11-19)27-31(29,30)21-14-5-2-6-15-21/h1-8,10-12,14-16,23-24,27H,9,13,17-18H2,(H,26,28)/t23-,24+/m0/s1. The highest BCUT2D eigenvalue weighted by Crippen LogP contribution is 2.29. The molecular weight excluding hydrogens is 408 g/mol. The zero-order valence-corrected chi connectivity index (χ0v) is 18.0. The van der Waals surface area contributed by atoms with Gasteiger partial charge in [-0.2, -0.15) is 4.72 Å². The van der Waals surface area contributed by atoms with E-state index in [1.165, 1.54) is 17.7 Å². The maximum absolute atomic E-state index is 13.3. The lowest BCUT2D eigenvalue weighted by Crippen LogP contribution is -2.49. The number of nitrogens with one attached hydrogen (secondary N) is 2. The molecule has 1 aliphatic carbocycles. The van der Waals surface area contributed by atoms with Crippen molar-refractivity contribution in [3.63, 3.8) is 0 Å². The van der Waals surface area contributed by atoms with Gasteiger partial charge in [0.1, 0.15) is 6.04 Å². The van der Waals surface area contributed by atoms with Crippen LogP contribution in [0.4, 0.5) is 0 Å². The molecule has 160 valence electrons. The maximum Gasteiger partial charge on any atom is 0.241 e. The third-order valence-electron chi connectivity index (χ3n) is 5.64. The van der Waals surface area contributed by atoms with Crippen LogP contribution in [-0.4, -0.2) is 20.4 Å². The second kappa shape index (κ2) is 9.45. The summed E-state index contributed by atoms with van der Waals surface area (Å²) < 4.78 is 28.5. The number of hydrogen-bond donors (Lipinski definition) is 2. The van der Waals surface area contributed by atoms with Gasteiger partial charge < -0.3 is 5.32 Å². The van der Waals surface area contributed by atoms with Crippen molar-refractivity contribution in [3.8, 4) is 0 Å². The number of carbonyl (C=O) groups is 1. The largest absolute Gasteiger partial charge is 0.348 e. The molecule has 4 rings (SSSR count). The van der Waals surface area contributed by atoms with E-state index in [2.05, 4.69) is 16.1 Å². The van der Waals surface area contributed by atoms with Gasteiger partial charge in [0.25, 0.3) is 0 Å². The van der Waals surface area contributed by atoms with Crippen molar-refractivity contribution in [2.24, 2.45) is 0 Å². The molecule has 0 fully saturated rings. The van der Waals surface area contributed by atoms with Gasteiger partial charge >= 0.3 is 0 Å². The SMILES string of the molecule is O=C(N[C@H]1CCCc2ccccc21)[C@@H](Cc1ccccc1)NS(=O)(=O)c1ccccc1. The Morgan fingerprint density at radius 2 is 1.55 bits per heavy atom.